The fourth-order valence-electron chi connectivity index (χ4n) is 1.18. The van der Waals surface area contributed by atoms with Crippen LogP contribution in [0.15, 0.2) is 24.3 Å². The molecule has 1 atom stereocenters. The van der Waals surface area contributed by atoms with Crippen LogP contribution >= 0.6 is 0 Å². The molecule has 0 aliphatic carbocycles. The summed E-state index contributed by atoms with van der Waals surface area (Å²) in [6.07, 6.45) is 0.386. The predicted molar refractivity (Wildman–Crippen MR) is 53.9 cm³/mol. The maximum atomic E-state index is 10.5. The molecule has 3 N–H and O–H groups in total. The Morgan fingerprint density at radius 2 is 2.31 bits per heavy atom. The van der Waals surface area contributed by atoms with Crippen LogP contribution in [0.1, 0.15) is 5.56 Å². The first-order valence-corrected chi connectivity index (χ1v) is 4.13. The number of hydrogen-bond donors (Lipinski definition) is 2. The molecular weight excluding hydrogens is 165 g/mol. The smallest absolute Gasteiger partial charge is 0.320 e. The fraction of sp³-hybridized carbons (Fsp3) is 0.222. The summed E-state index contributed by atoms with van der Waals surface area (Å²) in [5, 5.41) is 8.59. The highest BCUT2D eigenvalue weighted by Crippen LogP contribution is 1.99. The highest BCUT2D eigenvalue weighted by molar-refractivity contribution is 6.32. The van der Waals surface area contributed by atoms with Gasteiger partial charge in [0.25, 0.3) is 0 Å². The SMILES string of the molecule is Bc1cccc(C[C@@H](N)C(=O)O)c1. The van der Waals surface area contributed by atoms with Gasteiger partial charge >= 0.3 is 5.97 Å². The van der Waals surface area contributed by atoms with Crippen molar-refractivity contribution >= 4 is 19.3 Å². The second-order valence-corrected chi connectivity index (χ2v) is 3.14. The van der Waals surface area contributed by atoms with Crippen LogP contribution in [-0.2, 0) is 11.2 Å². The summed E-state index contributed by atoms with van der Waals surface area (Å²) in [5.74, 6) is -0.957. The Kier molecular flexibility index (Phi) is 3.09. The second kappa shape index (κ2) is 4.09. The molecule has 0 aliphatic heterocycles. The first-order valence-electron chi connectivity index (χ1n) is 4.13. The van der Waals surface area contributed by atoms with E-state index in [0.29, 0.717) is 6.42 Å². The number of nitrogens with two attached hydrogens (primary N) is 1. The van der Waals surface area contributed by atoms with Crippen molar-refractivity contribution in [3.63, 3.8) is 0 Å². The maximum absolute atomic E-state index is 10.5. The highest BCUT2D eigenvalue weighted by Gasteiger charge is 2.11. The van der Waals surface area contributed by atoms with Crippen LogP contribution in [0.5, 0.6) is 0 Å². The van der Waals surface area contributed by atoms with Crippen LogP contribution in [0, 0.1) is 0 Å². The van der Waals surface area contributed by atoms with Crippen LogP contribution in [-0.4, -0.2) is 25.0 Å². The van der Waals surface area contributed by atoms with E-state index in [0.717, 1.165) is 11.0 Å². The van der Waals surface area contributed by atoms with Gasteiger partial charge in [0.1, 0.15) is 13.9 Å². The van der Waals surface area contributed by atoms with Gasteiger partial charge < -0.3 is 10.8 Å². The summed E-state index contributed by atoms with van der Waals surface area (Å²) in [6, 6.07) is 6.90. The minimum Gasteiger partial charge on any atom is -0.480 e. The van der Waals surface area contributed by atoms with E-state index in [9.17, 15) is 4.79 Å². The number of carboxylic acids is 1. The predicted octanol–water partition coefficient (Wildman–Crippen LogP) is -1.10. The van der Waals surface area contributed by atoms with Crippen LogP contribution in [0.25, 0.3) is 0 Å². The van der Waals surface area contributed by atoms with E-state index in [1.807, 2.05) is 32.1 Å². The zero-order valence-corrected chi connectivity index (χ0v) is 7.53. The molecule has 1 aromatic rings. The van der Waals surface area contributed by atoms with Gasteiger partial charge in [0.05, 0.1) is 0 Å². The van der Waals surface area contributed by atoms with E-state index in [-0.39, 0.29) is 0 Å². The third-order valence-electron chi connectivity index (χ3n) is 1.86. The fourth-order valence-corrected chi connectivity index (χ4v) is 1.18. The monoisotopic (exact) mass is 177 g/mol. The molecule has 1 rings (SSSR count). The maximum Gasteiger partial charge on any atom is 0.320 e. The summed E-state index contributed by atoms with van der Waals surface area (Å²) in [6.45, 7) is 0. The number of hydrogen-bond acceptors (Lipinski definition) is 2. The van der Waals surface area contributed by atoms with E-state index in [4.69, 9.17) is 10.8 Å². The Hall–Kier alpha value is -1.29. The normalized spacial score (nSPS) is 12.4. The number of aliphatic carboxylic acids is 1. The van der Waals surface area contributed by atoms with Gasteiger partial charge in [-0.2, -0.15) is 0 Å². The first-order chi connectivity index (χ1) is 6.09. The van der Waals surface area contributed by atoms with Crippen molar-refractivity contribution in [2.24, 2.45) is 5.73 Å². The molecule has 0 heterocycles. The summed E-state index contributed by atoms with van der Waals surface area (Å²) in [7, 11) is 1.97. The van der Waals surface area contributed by atoms with Gasteiger partial charge in [-0.15, -0.1) is 0 Å². The first kappa shape index (κ1) is 9.80. The van der Waals surface area contributed by atoms with Crippen molar-refractivity contribution in [1.29, 1.82) is 0 Å². The van der Waals surface area contributed by atoms with Gasteiger partial charge in [-0.05, 0) is 12.0 Å². The number of benzene rings is 1. The average molecular weight is 177 g/mol. The highest BCUT2D eigenvalue weighted by atomic mass is 16.4. The lowest BCUT2D eigenvalue weighted by molar-refractivity contribution is -0.138. The largest absolute Gasteiger partial charge is 0.480 e. The van der Waals surface area contributed by atoms with Gasteiger partial charge in [0.15, 0.2) is 0 Å². The van der Waals surface area contributed by atoms with Crippen LogP contribution in [0.3, 0.4) is 0 Å². The summed E-state index contributed by atoms with van der Waals surface area (Å²) in [4.78, 5) is 10.5. The van der Waals surface area contributed by atoms with E-state index in [2.05, 4.69) is 0 Å². The van der Waals surface area contributed by atoms with E-state index in [1.165, 1.54) is 0 Å². The molecule has 0 bridgehead atoms. The van der Waals surface area contributed by atoms with Crippen LogP contribution in [0.4, 0.5) is 0 Å². The zero-order valence-electron chi connectivity index (χ0n) is 7.53. The Balaban J connectivity index is 2.69. The van der Waals surface area contributed by atoms with Crippen molar-refractivity contribution < 1.29 is 9.90 Å². The van der Waals surface area contributed by atoms with Crippen LogP contribution in [0.2, 0.25) is 0 Å². The molecule has 0 aromatic heterocycles. The minimum atomic E-state index is -0.957. The molecule has 3 nitrogen and oxygen atoms in total. The molecule has 0 saturated heterocycles. The molecule has 13 heavy (non-hydrogen) atoms. The lowest BCUT2D eigenvalue weighted by atomic mass is 9.93. The molecule has 68 valence electrons. The standard InChI is InChI=1S/C9H12BNO2/c10-7-3-1-2-6(4-7)5-8(11)9(12)13/h1-4,8H,5,10-11H2,(H,12,13)/t8-/m1/s1. The number of rotatable bonds is 3. The third-order valence-corrected chi connectivity index (χ3v) is 1.86. The molecule has 0 fully saturated rings. The summed E-state index contributed by atoms with van der Waals surface area (Å²) < 4.78 is 0. The minimum absolute atomic E-state index is 0.386. The Bertz CT molecular complexity index is 314. The van der Waals surface area contributed by atoms with Gasteiger partial charge in [0, 0.05) is 0 Å². The molecule has 0 spiro atoms. The Labute approximate surface area is 78.0 Å². The topological polar surface area (TPSA) is 63.3 Å². The van der Waals surface area contributed by atoms with Crippen molar-refractivity contribution in [1.82, 2.24) is 0 Å². The molecule has 0 aliphatic rings. The molecule has 0 radical (unpaired) electrons. The molecule has 4 heteroatoms. The summed E-state index contributed by atoms with van der Waals surface area (Å²) >= 11 is 0. The summed E-state index contributed by atoms with van der Waals surface area (Å²) in [5.41, 5.74) is 7.49. The Morgan fingerprint density at radius 3 is 2.85 bits per heavy atom. The van der Waals surface area contributed by atoms with Crippen molar-refractivity contribution in [2.45, 2.75) is 12.5 Å². The molecule has 0 unspecified atom stereocenters. The van der Waals surface area contributed by atoms with Gasteiger partial charge in [0.2, 0.25) is 0 Å². The third kappa shape index (κ3) is 2.91. The number of carbonyl (C=O) groups is 1. The second-order valence-electron chi connectivity index (χ2n) is 3.14. The van der Waals surface area contributed by atoms with Gasteiger partial charge in [-0.1, -0.05) is 29.7 Å². The number of carboxylic acid groups (broad SMARTS) is 1. The lowest BCUT2D eigenvalue weighted by Gasteiger charge is -2.06. The van der Waals surface area contributed by atoms with E-state index >= 15 is 0 Å². The molecule has 1 aromatic carbocycles. The molecule has 0 saturated carbocycles. The zero-order chi connectivity index (χ0) is 9.84. The molecule has 0 amide bonds. The van der Waals surface area contributed by atoms with Crippen molar-refractivity contribution in [2.75, 3.05) is 0 Å². The van der Waals surface area contributed by atoms with Gasteiger partial charge in [-0.25, -0.2) is 0 Å². The van der Waals surface area contributed by atoms with E-state index < -0.39 is 12.0 Å². The average Bonchev–Trinajstić information content (AvgIpc) is 2.04. The molecular formula is C9H12BNO2. The van der Waals surface area contributed by atoms with Crippen molar-refractivity contribution in [3.8, 4) is 0 Å². The Morgan fingerprint density at radius 1 is 1.62 bits per heavy atom. The van der Waals surface area contributed by atoms with Gasteiger partial charge in [-0.3, -0.25) is 4.79 Å². The lowest BCUT2D eigenvalue weighted by Crippen LogP contribution is -2.32. The quantitative estimate of drug-likeness (QED) is 0.576. The van der Waals surface area contributed by atoms with Crippen molar-refractivity contribution in [3.05, 3.63) is 29.8 Å². The van der Waals surface area contributed by atoms with E-state index in [1.54, 1.807) is 0 Å². The van der Waals surface area contributed by atoms with Crippen LogP contribution < -0.4 is 11.2 Å².